The van der Waals surface area contributed by atoms with Crippen LogP contribution in [0.1, 0.15) is 36.0 Å². The molecule has 1 atom stereocenters. The fourth-order valence-corrected chi connectivity index (χ4v) is 2.70. The summed E-state index contributed by atoms with van der Waals surface area (Å²) in [6, 6.07) is 8.00. The third kappa shape index (κ3) is 3.17. The molecule has 1 N–H and O–H groups in total. The van der Waals surface area contributed by atoms with Crippen LogP contribution in [0.5, 0.6) is 0 Å². The van der Waals surface area contributed by atoms with Crippen LogP contribution in [0.3, 0.4) is 0 Å². The van der Waals surface area contributed by atoms with Crippen molar-refractivity contribution in [2.45, 2.75) is 32.4 Å². The quantitative estimate of drug-likeness (QED) is 0.753. The summed E-state index contributed by atoms with van der Waals surface area (Å²) in [5.74, 6) is 2.27. The minimum absolute atomic E-state index is 0.230. The zero-order valence-electron chi connectivity index (χ0n) is 12.9. The largest absolute Gasteiger partial charge is 0.461 e. The Morgan fingerprint density at radius 3 is 3.00 bits per heavy atom. The summed E-state index contributed by atoms with van der Waals surface area (Å²) in [6.07, 6.45) is 5.92. The average molecular weight is 310 g/mol. The predicted octanol–water partition coefficient (Wildman–Crippen LogP) is 3.27. The molecule has 0 amide bonds. The van der Waals surface area contributed by atoms with E-state index in [9.17, 15) is 0 Å². The van der Waals surface area contributed by atoms with E-state index in [0.29, 0.717) is 29.9 Å². The van der Waals surface area contributed by atoms with E-state index in [0.717, 1.165) is 5.69 Å². The highest BCUT2D eigenvalue weighted by Gasteiger charge is 2.33. The van der Waals surface area contributed by atoms with Crippen molar-refractivity contribution in [3.8, 4) is 11.6 Å². The highest BCUT2D eigenvalue weighted by atomic mass is 16.5. The van der Waals surface area contributed by atoms with Gasteiger partial charge in [0.15, 0.2) is 5.76 Å². The summed E-state index contributed by atoms with van der Waals surface area (Å²) in [6.45, 7) is 2.60. The van der Waals surface area contributed by atoms with E-state index >= 15 is 0 Å². The number of nitrogens with one attached hydrogen (secondary N) is 1. The van der Waals surface area contributed by atoms with Crippen molar-refractivity contribution in [3.63, 3.8) is 0 Å². The first-order valence-corrected chi connectivity index (χ1v) is 7.82. The number of rotatable bonds is 6. The van der Waals surface area contributed by atoms with Crippen molar-refractivity contribution in [1.29, 1.82) is 0 Å². The molecule has 3 aromatic rings. The number of hydrogen-bond donors (Lipinski definition) is 1. The van der Waals surface area contributed by atoms with Gasteiger partial charge in [-0.1, -0.05) is 5.16 Å². The van der Waals surface area contributed by atoms with Crippen LogP contribution in [0.4, 0.5) is 0 Å². The lowest BCUT2D eigenvalue weighted by molar-refractivity contribution is 0.349. The summed E-state index contributed by atoms with van der Waals surface area (Å²) < 4.78 is 10.6. The molecule has 6 heteroatoms. The Morgan fingerprint density at radius 1 is 1.35 bits per heavy atom. The van der Waals surface area contributed by atoms with Crippen molar-refractivity contribution < 1.29 is 8.94 Å². The molecule has 0 aromatic carbocycles. The molecule has 0 saturated heterocycles. The highest BCUT2D eigenvalue weighted by molar-refractivity contribution is 5.44. The van der Waals surface area contributed by atoms with Crippen LogP contribution in [0.15, 0.2) is 45.7 Å². The van der Waals surface area contributed by atoms with Gasteiger partial charge in [0.05, 0.1) is 24.5 Å². The number of hydrogen-bond acceptors (Lipinski definition) is 6. The molecule has 0 radical (unpaired) electrons. The smallest absolute Gasteiger partial charge is 0.241 e. The molecule has 3 heterocycles. The Balaban J connectivity index is 1.46. The molecule has 0 aliphatic heterocycles. The Kier molecular flexibility index (Phi) is 3.67. The molecular weight excluding hydrogens is 292 g/mol. The lowest BCUT2D eigenvalue weighted by Crippen LogP contribution is -2.23. The van der Waals surface area contributed by atoms with E-state index < -0.39 is 0 Å². The molecule has 118 valence electrons. The fourth-order valence-electron chi connectivity index (χ4n) is 2.70. The Bertz CT molecular complexity index is 778. The molecule has 23 heavy (non-hydrogen) atoms. The van der Waals surface area contributed by atoms with Gasteiger partial charge >= 0.3 is 0 Å². The molecular formula is C17H18N4O2. The Morgan fingerprint density at radius 2 is 2.26 bits per heavy atom. The maximum Gasteiger partial charge on any atom is 0.241 e. The van der Waals surface area contributed by atoms with Crippen LogP contribution in [0.25, 0.3) is 11.6 Å². The standard InChI is InChI=1S/C17H18N4O2/c1-11-6-7-18-13(9-11)16(12-4-5-12)19-10-15-20-17(21-23-15)14-3-2-8-22-14/h2-3,6-9,12,16,19H,4-5,10H2,1H3. The van der Waals surface area contributed by atoms with Gasteiger partial charge in [-0.25, -0.2) is 0 Å². The summed E-state index contributed by atoms with van der Waals surface area (Å²) in [4.78, 5) is 8.88. The van der Waals surface area contributed by atoms with E-state index in [1.54, 1.807) is 12.3 Å². The van der Waals surface area contributed by atoms with Crippen LogP contribution in [-0.2, 0) is 6.54 Å². The maximum absolute atomic E-state index is 5.29. The number of pyridine rings is 1. The van der Waals surface area contributed by atoms with Gasteiger partial charge in [-0.15, -0.1) is 0 Å². The van der Waals surface area contributed by atoms with Crippen molar-refractivity contribution >= 4 is 0 Å². The number of aryl methyl sites for hydroxylation is 1. The third-order valence-corrected chi connectivity index (χ3v) is 4.03. The topological polar surface area (TPSA) is 77.0 Å². The molecule has 1 aliphatic rings. The van der Waals surface area contributed by atoms with Gasteiger partial charge in [0.2, 0.25) is 11.7 Å². The third-order valence-electron chi connectivity index (χ3n) is 4.03. The first-order chi connectivity index (χ1) is 11.3. The second kappa shape index (κ2) is 5.96. The second-order valence-electron chi connectivity index (χ2n) is 5.94. The lowest BCUT2D eigenvalue weighted by Gasteiger charge is -2.17. The molecule has 6 nitrogen and oxygen atoms in total. The molecule has 1 aliphatic carbocycles. The van der Waals surface area contributed by atoms with Gasteiger partial charge in [0.25, 0.3) is 0 Å². The summed E-state index contributed by atoms with van der Waals surface area (Å²) in [5, 5.41) is 7.46. The zero-order valence-corrected chi connectivity index (χ0v) is 12.9. The van der Waals surface area contributed by atoms with Gasteiger partial charge in [-0.05, 0) is 55.5 Å². The number of nitrogens with zero attached hydrogens (tertiary/aromatic N) is 3. The van der Waals surface area contributed by atoms with E-state index in [1.165, 1.54) is 18.4 Å². The van der Waals surface area contributed by atoms with Crippen molar-refractivity contribution in [2.24, 2.45) is 5.92 Å². The monoisotopic (exact) mass is 310 g/mol. The van der Waals surface area contributed by atoms with Crippen molar-refractivity contribution in [2.75, 3.05) is 0 Å². The van der Waals surface area contributed by atoms with Gasteiger partial charge in [-0.2, -0.15) is 4.98 Å². The summed E-state index contributed by atoms with van der Waals surface area (Å²) >= 11 is 0. The Labute approximate surface area is 133 Å². The van der Waals surface area contributed by atoms with Crippen LogP contribution in [0.2, 0.25) is 0 Å². The van der Waals surface area contributed by atoms with E-state index in [1.807, 2.05) is 18.3 Å². The van der Waals surface area contributed by atoms with Gasteiger partial charge in [0.1, 0.15) is 0 Å². The first kappa shape index (κ1) is 14.1. The molecule has 0 spiro atoms. The normalized spacial score (nSPS) is 15.7. The highest BCUT2D eigenvalue weighted by Crippen LogP contribution is 2.40. The second-order valence-corrected chi connectivity index (χ2v) is 5.94. The predicted molar refractivity (Wildman–Crippen MR) is 83.3 cm³/mol. The van der Waals surface area contributed by atoms with Gasteiger partial charge in [0, 0.05) is 6.20 Å². The summed E-state index contributed by atoms with van der Waals surface area (Å²) in [5.41, 5.74) is 2.30. The SMILES string of the molecule is Cc1ccnc(C(NCc2nc(-c3ccco3)no2)C2CC2)c1. The van der Waals surface area contributed by atoms with E-state index in [-0.39, 0.29) is 6.04 Å². The molecule has 3 aromatic heterocycles. The average Bonchev–Trinajstić information content (AvgIpc) is 3.05. The molecule has 1 unspecified atom stereocenters. The van der Waals surface area contributed by atoms with Crippen LogP contribution in [-0.4, -0.2) is 15.1 Å². The Hall–Kier alpha value is -2.47. The van der Waals surface area contributed by atoms with Gasteiger partial charge in [-0.3, -0.25) is 10.3 Å². The van der Waals surface area contributed by atoms with Crippen molar-refractivity contribution in [3.05, 3.63) is 53.9 Å². The number of aromatic nitrogens is 3. The first-order valence-electron chi connectivity index (χ1n) is 7.82. The van der Waals surface area contributed by atoms with E-state index in [4.69, 9.17) is 8.94 Å². The summed E-state index contributed by atoms with van der Waals surface area (Å²) in [7, 11) is 0. The molecule has 1 saturated carbocycles. The molecule has 1 fully saturated rings. The zero-order chi connectivity index (χ0) is 15.6. The van der Waals surface area contributed by atoms with Crippen LogP contribution < -0.4 is 5.32 Å². The van der Waals surface area contributed by atoms with Gasteiger partial charge < -0.3 is 8.94 Å². The lowest BCUT2D eigenvalue weighted by atomic mass is 10.1. The minimum atomic E-state index is 0.230. The molecule has 4 rings (SSSR count). The van der Waals surface area contributed by atoms with Crippen LogP contribution in [0, 0.1) is 12.8 Å². The maximum atomic E-state index is 5.29. The fraction of sp³-hybridized carbons (Fsp3) is 0.353. The van der Waals surface area contributed by atoms with Crippen molar-refractivity contribution in [1.82, 2.24) is 20.4 Å². The number of furan rings is 1. The van der Waals surface area contributed by atoms with E-state index in [2.05, 4.69) is 33.4 Å². The minimum Gasteiger partial charge on any atom is -0.461 e. The van der Waals surface area contributed by atoms with Crippen LogP contribution >= 0.6 is 0 Å². The molecule has 0 bridgehead atoms.